The van der Waals surface area contributed by atoms with Crippen LogP contribution in [0.4, 0.5) is 11.4 Å². The molecule has 2 heteroatoms. The number of hydrogen-bond acceptors (Lipinski definition) is 2. The lowest BCUT2D eigenvalue weighted by atomic mass is 10.1. The van der Waals surface area contributed by atoms with Gasteiger partial charge in [-0.15, -0.1) is 0 Å². The Labute approximate surface area is 98.4 Å². The van der Waals surface area contributed by atoms with Crippen molar-refractivity contribution >= 4 is 11.4 Å². The zero-order chi connectivity index (χ0) is 11.4. The van der Waals surface area contributed by atoms with Crippen LogP contribution in [0, 0.1) is 0 Å². The van der Waals surface area contributed by atoms with E-state index in [1.165, 1.54) is 44.3 Å². The van der Waals surface area contributed by atoms with Crippen molar-refractivity contribution in [2.24, 2.45) is 0 Å². The quantitative estimate of drug-likeness (QED) is 0.771. The van der Waals surface area contributed by atoms with Crippen LogP contribution in [-0.4, -0.2) is 12.6 Å². The highest BCUT2D eigenvalue weighted by atomic mass is 15.2. The SMILES string of the molecule is CCC1CCCCCN1c1cccc(N)c1. The molecule has 1 aliphatic heterocycles. The molecule has 2 N–H and O–H groups in total. The molecule has 1 aromatic rings. The van der Waals surface area contributed by atoms with E-state index in [-0.39, 0.29) is 0 Å². The summed E-state index contributed by atoms with van der Waals surface area (Å²) in [7, 11) is 0. The van der Waals surface area contributed by atoms with Crippen LogP contribution in [0.25, 0.3) is 0 Å². The van der Waals surface area contributed by atoms with Gasteiger partial charge in [-0.05, 0) is 37.5 Å². The zero-order valence-electron chi connectivity index (χ0n) is 10.2. The Kier molecular flexibility index (Phi) is 3.70. The fraction of sp³-hybridized carbons (Fsp3) is 0.571. The van der Waals surface area contributed by atoms with Crippen molar-refractivity contribution < 1.29 is 0 Å². The molecular formula is C14H22N2. The van der Waals surface area contributed by atoms with E-state index in [0.717, 1.165) is 5.69 Å². The summed E-state index contributed by atoms with van der Waals surface area (Å²) in [5, 5.41) is 0. The highest BCUT2D eigenvalue weighted by molar-refractivity contribution is 5.56. The summed E-state index contributed by atoms with van der Waals surface area (Å²) in [6, 6.07) is 9.01. The molecule has 0 spiro atoms. The lowest BCUT2D eigenvalue weighted by Gasteiger charge is -2.31. The maximum atomic E-state index is 5.86. The van der Waals surface area contributed by atoms with Crippen molar-refractivity contribution in [3.8, 4) is 0 Å². The topological polar surface area (TPSA) is 29.3 Å². The Morgan fingerprint density at radius 2 is 2.19 bits per heavy atom. The number of hydrogen-bond donors (Lipinski definition) is 1. The first-order chi connectivity index (χ1) is 7.81. The minimum absolute atomic E-state index is 0.698. The molecule has 0 bridgehead atoms. The third-order valence-electron chi connectivity index (χ3n) is 3.55. The third kappa shape index (κ3) is 2.49. The van der Waals surface area contributed by atoms with Gasteiger partial charge in [-0.3, -0.25) is 0 Å². The summed E-state index contributed by atoms with van der Waals surface area (Å²) < 4.78 is 0. The molecular weight excluding hydrogens is 196 g/mol. The minimum atomic E-state index is 0.698. The molecule has 1 fully saturated rings. The lowest BCUT2D eigenvalue weighted by Crippen LogP contribution is -2.34. The van der Waals surface area contributed by atoms with Gasteiger partial charge in [-0.2, -0.15) is 0 Å². The summed E-state index contributed by atoms with van der Waals surface area (Å²) in [5.74, 6) is 0. The highest BCUT2D eigenvalue weighted by Crippen LogP contribution is 2.26. The largest absolute Gasteiger partial charge is 0.399 e. The fourth-order valence-electron chi connectivity index (χ4n) is 2.65. The van der Waals surface area contributed by atoms with Gasteiger partial charge in [0.1, 0.15) is 0 Å². The highest BCUT2D eigenvalue weighted by Gasteiger charge is 2.19. The number of rotatable bonds is 2. The molecule has 0 amide bonds. The second-order valence-corrected chi connectivity index (χ2v) is 4.70. The summed E-state index contributed by atoms with van der Waals surface area (Å²) in [5.41, 5.74) is 8.04. The molecule has 0 aliphatic carbocycles. The number of nitrogens with zero attached hydrogens (tertiary/aromatic N) is 1. The van der Waals surface area contributed by atoms with Crippen molar-refractivity contribution in [1.29, 1.82) is 0 Å². The normalized spacial score (nSPS) is 21.8. The molecule has 0 saturated carbocycles. The maximum absolute atomic E-state index is 5.86. The van der Waals surface area contributed by atoms with Crippen LogP contribution in [0.5, 0.6) is 0 Å². The number of anilines is 2. The third-order valence-corrected chi connectivity index (χ3v) is 3.55. The Bertz CT molecular complexity index is 335. The Balaban J connectivity index is 2.21. The molecule has 1 aliphatic rings. The monoisotopic (exact) mass is 218 g/mol. The van der Waals surface area contributed by atoms with Gasteiger partial charge in [-0.1, -0.05) is 25.8 Å². The van der Waals surface area contributed by atoms with Crippen LogP contribution < -0.4 is 10.6 Å². The summed E-state index contributed by atoms with van der Waals surface area (Å²) >= 11 is 0. The zero-order valence-corrected chi connectivity index (χ0v) is 10.2. The van der Waals surface area contributed by atoms with E-state index >= 15 is 0 Å². The van der Waals surface area contributed by atoms with Crippen molar-refractivity contribution in [2.75, 3.05) is 17.2 Å². The Morgan fingerprint density at radius 1 is 1.31 bits per heavy atom. The molecule has 1 atom stereocenters. The molecule has 1 saturated heterocycles. The first-order valence-corrected chi connectivity index (χ1v) is 6.43. The predicted molar refractivity (Wildman–Crippen MR) is 70.7 cm³/mol. The van der Waals surface area contributed by atoms with Gasteiger partial charge in [-0.25, -0.2) is 0 Å². The lowest BCUT2D eigenvalue weighted by molar-refractivity contribution is 0.556. The molecule has 1 aromatic carbocycles. The number of nitrogens with two attached hydrogens (primary N) is 1. The van der Waals surface area contributed by atoms with E-state index < -0.39 is 0 Å². The maximum Gasteiger partial charge on any atom is 0.0389 e. The Morgan fingerprint density at radius 3 is 2.94 bits per heavy atom. The number of benzene rings is 1. The van der Waals surface area contributed by atoms with Crippen LogP contribution in [0.1, 0.15) is 39.0 Å². The van der Waals surface area contributed by atoms with Gasteiger partial charge < -0.3 is 10.6 Å². The first-order valence-electron chi connectivity index (χ1n) is 6.43. The molecule has 1 heterocycles. The van der Waals surface area contributed by atoms with Gasteiger partial charge >= 0.3 is 0 Å². The van der Waals surface area contributed by atoms with Crippen molar-refractivity contribution in [2.45, 2.75) is 45.1 Å². The smallest absolute Gasteiger partial charge is 0.0389 e. The fourth-order valence-corrected chi connectivity index (χ4v) is 2.65. The van der Waals surface area contributed by atoms with Crippen molar-refractivity contribution in [3.05, 3.63) is 24.3 Å². The van der Waals surface area contributed by atoms with Crippen LogP contribution in [0.15, 0.2) is 24.3 Å². The van der Waals surface area contributed by atoms with Gasteiger partial charge in [0.05, 0.1) is 0 Å². The Hall–Kier alpha value is -1.18. The van der Waals surface area contributed by atoms with Gasteiger partial charge in [0.15, 0.2) is 0 Å². The average Bonchev–Trinajstić information content (AvgIpc) is 2.53. The molecule has 2 rings (SSSR count). The van der Waals surface area contributed by atoms with Crippen molar-refractivity contribution in [3.63, 3.8) is 0 Å². The summed E-state index contributed by atoms with van der Waals surface area (Å²) in [6.07, 6.45) is 6.61. The second-order valence-electron chi connectivity index (χ2n) is 4.70. The van der Waals surface area contributed by atoms with Crippen LogP contribution >= 0.6 is 0 Å². The minimum Gasteiger partial charge on any atom is -0.399 e. The van der Waals surface area contributed by atoms with E-state index in [1.807, 2.05) is 6.07 Å². The van der Waals surface area contributed by atoms with E-state index in [1.54, 1.807) is 0 Å². The predicted octanol–water partition coefficient (Wildman–Crippen LogP) is 3.43. The van der Waals surface area contributed by atoms with Crippen LogP contribution in [0.3, 0.4) is 0 Å². The molecule has 88 valence electrons. The van der Waals surface area contributed by atoms with Crippen molar-refractivity contribution in [1.82, 2.24) is 0 Å². The average molecular weight is 218 g/mol. The standard InChI is InChI=1S/C14H22N2/c1-2-13-8-4-3-5-10-16(13)14-9-6-7-12(15)11-14/h6-7,9,11,13H,2-5,8,10,15H2,1H3. The second kappa shape index (κ2) is 5.24. The molecule has 0 radical (unpaired) electrons. The molecule has 1 unspecified atom stereocenters. The summed E-state index contributed by atoms with van der Waals surface area (Å²) in [6.45, 7) is 3.47. The van der Waals surface area contributed by atoms with Crippen LogP contribution in [0.2, 0.25) is 0 Å². The molecule has 16 heavy (non-hydrogen) atoms. The van der Waals surface area contributed by atoms with E-state index in [2.05, 4.69) is 30.0 Å². The van der Waals surface area contributed by atoms with Crippen LogP contribution in [-0.2, 0) is 0 Å². The van der Waals surface area contributed by atoms with Gasteiger partial charge in [0.25, 0.3) is 0 Å². The summed E-state index contributed by atoms with van der Waals surface area (Å²) in [4.78, 5) is 2.54. The molecule has 2 nitrogen and oxygen atoms in total. The van der Waals surface area contributed by atoms with E-state index in [9.17, 15) is 0 Å². The van der Waals surface area contributed by atoms with E-state index in [0.29, 0.717) is 6.04 Å². The van der Waals surface area contributed by atoms with Gasteiger partial charge in [0, 0.05) is 24.0 Å². The first kappa shape index (κ1) is 11.3. The van der Waals surface area contributed by atoms with Gasteiger partial charge in [0.2, 0.25) is 0 Å². The molecule has 0 aromatic heterocycles. The van der Waals surface area contributed by atoms with E-state index in [4.69, 9.17) is 5.73 Å². The number of nitrogen functional groups attached to an aromatic ring is 1.